The predicted octanol–water partition coefficient (Wildman–Crippen LogP) is 7.91. The molecule has 4 N–H and O–H groups in total. The van der Waals surface area contributed by atoms with Crippen molar-refractivity contribution in [2.24, 2.45) is 5.92 Å². The van der Waals surface area contributed by atoms with E-state index in [4.69, 9.17) is 5.10 Å². The summed E-state index contributed by atoms with van der Waals surface area (Å²) in [6.45, 7) is 2.66. The van der Waals surface area contributed by atoms with Crippen LogP contribution in [0.3, 0.4) is 0 Å². The largest absolute Gasteiger partial charge is 0.377 e. The fraction of sp³-hybridized carbons (Fsp3) is 0.250. The van der Waals surface area contributed by atoms with Crippen LogP contribution in [-0.4, -0.2) is 87.2 Å². The number of aromatic amines is 2. The summed E-state index contributed by atoms with van der Waals surface area (Å²) in [6, 6.07) is 46.3. The van der Waals surface area contributed by atoms with Gasteiger partial charge in [-0.1, -0.05) is 103 Å². The lowest BCUT2D eigenvalue weighted by Gasteiger charge is -2.36. The molecule has 2 amide bonds. The normalized spacial score (nSPS) is 21.5. The first kappa shape index (κ1) is 42.5. The number of nitrogens with zero attached hydrogens (tertiary/aromatic N) is 5. The van der Waals surface area contributed by atoms with Crippen molar-refractivity contribution in [3.63, 3.8) is 0 Å². The number of nitrogens with one attached hydrogen (secondary N) is 4. The van der Waals surface area contributed by atoms with Crippen LogP contribution in [0.5, 0.6) is 0 Å². The van der Waals surface area contributed by atoms with E-state index in [0.29, 0.717) is 42.5 Å². The van der Waals surface area contributed by atoms with Crippen LogP contribution in [-0.2, 0) is 11.3 Å². The molecule has 0 bridgehead atoms. The summed E-state index contributed by atoms with van der Waals surface area (Å²) >= 11 is 0. The summed E-state index contributed by atoms with van der Waals surface area (Å²) in [5, 5.41) is 25.2. The fourth-order valence-electron chi connectivity index (χ4n) is 11.4. The van der Waals surface area contributed by atoms with Gasteiger partial charge in [-0.15, -0.1) is 0 Å². The molecule has 12 rings (SSSR count). The highest BCUT2D eigenvalue weighted by Gasteiger charge is 2.47. The third-order valence-electron chi connectivity index (χ3n) is 14.7. The number of carbonyl (C=O) groups excluding carboxylic acids is 2. The van der Waals surface area contributed by atoms with Crippen LogP contribution < -0.4 is 21.8 Å². The smallest absolute Gasteiger partial charge is 0.272 e. The lowest BCUT2D eigenvalue weighted by atomic mass is 9.79. The summed E-state index contributed by atoms with van der Waals surface area (Å²) in [6.07, 6.45) is 0.778. The van der Waals surface area contributed by atoms with Crippen molar-refractivity contribution in [1.29, 1.82) is 0 Å². The van der Waals surface area contributed by atoms with Gasteiger partial charge in [0.25, 0.3) is 17.0 Å². The number of piperazine rings is 1. The zero-order valence-corrected chi connectivity index (χ0v) is 38.4. The molecule has 3 aliphatic heterocycles. The Balaban J connectivity index is 0.737. The van der Waals surface area contributed by atoms with Gasteiger partial charge in [-0.25, -0.2) is 10.2 Å². The monoisotopic (exact) mass is 913 g/mol. The molecule has 6 aromatic carbocycles. The van der Waals surface area contributed by atoms with E-state index >= 15 is 0 Å². The van der Waals surface area contributed by atoms with Gasteiger partial charge in [0.15, 0.2) is 0 Å². The van der Waals surface area contributed by atoms with E-state index in [1.54, 1.807) is 0 Å². The van der Waals surface area contributed by atoms with Crippen LogP contribution in [0.4, 0.5) is 11.4 Å². The van der Waals surface area contributed by atoms with Crippen LogP contribution in [0.25, 0.3) is 21.5 Å². The highest BCUT2D eigenvalue weighted by molar-refractivity contribution is 5.99. The zero-order valence-electron chi connectivity index (χ0n) is 38.4. The van der Waals surface area contributed by atoms with Gasteiger partial charge in [-0.3, -0.25) is 19.2 Å². The van der Waals surface area contributed by atoms with Gasteiger partial charge in [0.05, 0.1) is 46.1 Å². The molecule has 5 heterocycles. The van der Waals surface area contributed by atoms with Crippen molar-refractivity contribution >= 4 is 44.7 Å². The molecule has 6 atom stereocenters. The van der Waals surface area contributed by atoms with Crippen molar-refractivity contribution in [2.45, 2.75) is 42.8 Å². The number of benzene rings is 6. The van der Waals surface area contributed by atoms with E-state index in [1.165, 1.54) is 5.56 Å². The number of hydrogen-bond donors (Lipinski definition) is 4. The molecule has 0 spiro atoms. The fourth-order valence-corrected chi connectivity index (χ4v) is 11.4. The Morgan fingerprint density at radius 3 is 1.78 bits per heavy atom. The number of amides is 2. The molecule has 0 radical (unpaired) electrons. The third-order valence-corrected chi connectivity index (χ3v) is 14.7. The molecular weight excluding hydrogens is 863 g/mol. The van der Waals surface area contributed by atoms with Gasteiger partial charge < -0.3 is 25.3 Å². The van der Waals surface area contributed by atoms with Crippen LogP contribution in [0.1, 0.15) is 91.4 Å². The standard InChI is InChI=1S/C56H51N9O4/c1-63(2)31-32-10-6-14-37(28-32)46-50(58-44-19-9-17-40-48(44)52(46)60-62-54(40)67)38-15-7-13-36(29-38)41-30-42(41)56(69)65-26-24-64(25-27-65)55(68)35-22-20-33(21-23-35)45-49(34-11-4-3-5-12-34)57-43-18-8-16-39-47(43)51(45)59-61-53(39)66/h3-23,28-29,41-42,45-46,49-50,57-58H,24-27,30-31H2,1-2H3,(H,61,66)(H,62,67). The van der Waals surface area contributed by atoms with Crippen molar-refractivity contribution in [3.05, 3.63) is 211 Å². The number of rotatable bonds is 9. The highest BCUT2D eigenvalue weighted by atomic mass is 16.2. The second-order valence-corrected chi connectivity index (χ2v) is 19.3. The molecule has 6 unspecified atom stereocenters. The third kappa shape index (κ3) is 7.53. The molecule has 1 saturated heterocycles. The Hall–Kier alpha value is -7.90. The molecule has 8 aromatic rings. The summed E-state index contributed by atoms with van der Waals surface area (Å²) in [4.78, 5) is 59.8. The van der Waals surface area contributed by atoms with Gasteiger partial charge in [0, 0.05) is 66.4 Å². The minimum Gasteiger partial charge on any atom is -0.377 e. The van der Waals surface area contributed by atoms with E-state index in [2.05, 4.69) is 106 Å². The van der Waals surface area contributed by atoms with Crippen molar-refractivity contribution in [3.8, 4) is 0 Å². The maximum atomic E-state index is 14.1. The molecule has 1 saturated carbocycles. The van der Waals surface area contributed by atoms with Gasteiger partial charge in [0.2, 0.25) is 5.91 Å². The molecule has 2 aromatic heterocycles. The van der Waals surface area contributed by atoms with E-state index in [1.807, 2.05) is 88.7 Å². The number of carbonyl (C=O) groups is 2. The Bertz CT molecular complexity index is 3440. The highest BCUT2D eigenvalue weighted by Crippen LogP contribution is 2.51. The second-order valence-electron chi connectivity index (χ2n) is 19.3. The minimum absolute atomic E-state index is 0.0643. The maximum absolute atomic E-state index is 14.1. The number of H-pyrrole nitrogens is 2. The quantitative estimate of drug-likeness (QED) is 0.113. The van der Waals surface area contributed by atoms with Crippen LogP contribution in [0.15, 0.2) is 149 Å². The van der Waals surface area contributed by atoms with Crippen molar-refractivity contribution in [1.82, 2.24) is 35.1 Å². The number of aromatic nitrogens is 4. The first-order chi connectivity index (χ1) is 33.7. The summed E-state index contributed by atoms with van der Waals surface area (Å²) in [7, 11) is 4.12. The predicted molar refractivity (Wildman–Crippen MR) is 268 cm³/mol. The Labute approximate surface area is 398 Å². The van der Waals surface area contributed by atoms with Crippen LogP contribution >= 0.6 is 0 Å². The van der Waals surface area contributed by atoms with Crippen LogP contribution in [0, 0.1) is 5.92 Å². The summed E-state index contributed by atoms with van der Waals surface area (Å²) < 4.78 is 0. The summed E-state index contributed by atoms with van der Waals surface area (Å²) in [5.74, 6) is -0.362. The Morgan fingerprint density at radius 2 is 1.13 bits per heavy atom. The first-order valence-electron chi connectivity index (χ1n) is 23.8. The average molecular weight is 914 g/mol. The lowest BCUT2D eigenvalue weighted by molar-refractivity contribution is -0.134. The number of hydrogen-bond acceptors (Lipinski definition) is 9. The Morgan fingerprint density at radius 1 is 0.580 bits per heavy atom. The number of anilines is 2. The van der Waals surface area contributed by atoms with Crippen molar-refractivity contribution < 1.29 is 9.59 Å². The maximum Gasteiger partial charge on any atom is 0.272 e. The van der Waals surface area contributed by atoms with E-state index in [-0.39, 0.29) is 58.7 Å². The van der Waals surface area contributed by atoms with Gasteiger partial charge >= 0.3 is 0 Å². The molecular formula is C56H51N9O4. The van der Waals surface area contributed by atoms with E-state index in [0.717, 1.165) is 74.3 Å². The molecule has 13 nitrogen and oxygen atoms in total. The molecule has 2 fully saturated rings. The van der Waals surface area contributed by atoms with Crippen molar-refractivity contribution in [2.75, 3.05) is 50.9 Å². The molecule has 69 heavy (non-hydrogen) atoms. The minimum atomic E-state index is -0.233. The average Bonchev–Trinajstić information content (AvgIpc) is 4.19. The van der Waals surface area contributed by atoms with Gasteiger partial charge in [0.1, 0.15) is 0 Å². The summed E-state index contributed by atoms with van der Waals surface area (Å²) in [5.41, 5.74) is 10.1. The second kappa shape index (κ2) is 17.0. The molecule has 1 aliphatic carbocycles. The van der Waals surface area contributed by atoms with Gasteiger partial charge in [-0.2, -0.15) is 10.2 Å². The van der Waals surface area contributed by atoms with E-state index < -0.39 is 0 Å². The lowest BCUT2D eigenvalue weighted by Crippen LogP contribution is -2.51. The Kier molecular flexibility index (Phi) is 10.5. The topological polar surface area (TPSA) is 159 Å². The first-order valence-corrected chi connectivity index (χ1v) is 23.8. The zero-order chi connectivity index (χ0) is 46.9. The van der Waals surface area contributed by atoms with Gasteiger partial charge in [-0.05, 0) is 96.2 Å². The molecule has 4 aliphatic rings. The van der Waals surface area contributed by atoms with E-state index in [9.17, 15) is 19.2 Å². The molecule has 13 heteroatoms. The molecule has 344 valence electrons. The SMILES string of the molecule is CN(C)Cc1cccc(C2c3n[nH]c(=O)c4cccc(c34)NC2c2cccc(C3CC3C(=O)N3CCN(C(=O)c4ccc(C5c6n[nH]c(=O)c7cccc(c67)NC5c5ccccc5)cc4)CC3)c2)c1. The van der Waals surface area contributed by atoms with Crippen LogP contribution in [0.2, 0.25) is 0 Å².